The molecule has 3 rings (SSSR count). The van der Waals surface area contributed by atoms with Gasteiger partial charge in [0.05, 0.1) is 0 Å². The Morgan fingerprint density at radius 2 is 1.75 bits per heavy atom. The number of aliphatic carboxylic acids is 2. The second-order valence-electron chi connectivity index (χ2n) is 6.01. The third kappa shape index (κ3) is 5.38. The Kier molecular flexibility index (Phi) is 6.81. The predicted molar refractivity (Wildman–Crippen MR) is 92.2 cm³/mol. The van der Waals surface area contributed by atoms with Gasteiger partial charge in [-0.3, -0.25) is 0 Å². The molecule has 0 saturated heterocycles. The molecular formula is C18H24N2O4. The highest BCUT2D eigenvalue weighted by Crippen LogP contribution is 2.19. The van der Waals surface area contributed by atoms with Gasteiger partial charge in [-0.1, -0.05) is 37.5 Å². The van der Waals surface area contributed by atoms with Gasteiger partial charge in [-0.05, 0) is 37.4 Å². The zero-order valence-corrected chi connectivity index (χ0v) is 13.6. The molecule has 1 heterocycles. The van der Waals surface area contributed by atoms with Crippen LogP contribution in [0.5, 0.6) is 0 Å². The fraction of sp³-hybridized carbons (Fsp3) is 0.444. The van der Waals surface area contributed by atoms with E-state index < -0.39 is 11.9 Å². The van der Waals surface area contributed by atoms with Crippen LogP contribution in [0.4, 0.5) is 0 Å². The van der Waals surface area contributed by atoms with E-state index in [0.717, 1.165) is 19.0 Å². The highest BCUT2D eigenvalue weighted by Gasteiger charge is 2.12. The van der Waals surface area contributed by atoms with E-state index in [1.54, 1.807) is 0 Å². The third-order valence-electron chi connectivity index (χ3n) is 4.29. The SMILES string of the molecule is O=C(O)C(=O)O.c1ccc2c(CCNC3CCCCC3)c[nH]c2c1. The number of carboxylic acids is 2. The molecule has 1 aliphatic carbocycles. The summed E-state index contributed by atoms with van der Waals surface area (Å²) in [5.41, 5.74) is 2.69. The van der Waals surface area contributed by atoms with E-state index in [4.69, 9.17) is 19.8 Å². The Balaban J connectivity index is 0.000000301. The molecule has 1 fully saturated rings. The van der Waals surface area contributed by atoms with Gasteiger partial charge >= 0.3 is 11.9 Å². The third-order valence-corrected chi connectivity index (χ3v) is 4.29. The molecule has 6 nitrogen and oxygen atoms in total. The average Bonchev–Trinajstić information content (AvgIpc) is 3.00. The molecule has 130 valence electrons. The number of aromatic amines is 1. The summed E-state index contributed by atoms with van der Waals surface area (Å²) in [6.45, 7) is 1.10. The first kappa shape index (κ1) is 18.0. The van der Waals surface area contributed by atoms with Crippen LogP contribution in [0.15, 0.2) is 30.5 Å². The molecule has 0 spiro atoms. The van der Waals surface area contributed by atoms with Crippen LogP contribution in [0.25, 0.3) is 10.9 Å². The minimum Gasteiger partial charge on any atom is -0.473 e. The molecule has 1 aromatic carbocycles. The number of hydrogen-bond acceptors (Lipinski definition) is 3. The van der Waals surface area contributed by atoms with Crippen molar-refractivity contribution in [1.82, 2.24) is 10.3 Å². The number of carboxylic acid groups (broad SMARTS) is 2. The highest BCUT2D eigenvalue weighted by molar-refractivity contribution is 6.27. The van der Waals surface area contributed by atoms with Crippen molar-refractivity contribution in [3.63, 3.8) is 0 Å². The fourth-order valence-electron chi connectivity index (χ4n) is 3.06. The number of carbonyl (C=O) groups is 2. The molecule has 0 radical (unpaired) electrons. The van der Waals surface area contributed by atoms with E-state index in [1.165, 1.54) is 48.6 Å². The van der Waals surface area contributed by atoms with E-state index in [0.29, 0.717) is 0 Å². The molecule has 0 bridgehead atoms. The minimum atomic E-state index is -1.82. The number of hydrogen-bond donors (Lipinski definition) is 4. The number of rotatable bonds is 4. The van der Waals surface area contributed by atoms with Crippen molar-refractivity contribution in [2.45, 2.75) is 44.6 Å². The lowest BCUT2D eigenvalue weighted by atomic mass is 9.95. The normalized spacial score (nSPS) is 14.8. The van der Waals surface area contributed by atoms with Crippen LogP contribution in [-0.2, 0) is 16.0 Å². The molecule has 24 heavy (non-hydrogen) atoms. The lowest BCUT2D eigenvalue weighted by molar-refractivity contribution is -0.159. The topological polar surface area (TPSA) is 102 Å². The van der Waals surface area contributed by atoms with Crippen LogP contribution in [-0.4, -0.2) is 39.7 Å². The predicted octanol–water partition coefficient (Wildman–Crippen LogP) is 2.79. The Hall–Kier alpha value is -2.34. The van der Waals surface area contributed by atoms with Gasteiger partial charge < -0.3 is 20.5 Å². The van der Waals surface area contributed by atoms with E-state index >= 15 is 0 Å². The van der Waals surface area contributed by atoms with Crippen molar-refractivity contribution < 1.29 is 19.8 Å². The maximum absolute atomic E-state index is 9.10. The summed E-state index contributed by atoms with van der Waals surface area (Å²) in [5, 5.41) is 19.9. The summed E-state index contributed by atoms with van der Waals surface area (Å²) in [5.74, 6) is -3.65. The second kappa shape index (κ2) is 9.08. The van der Waals surface area contributed by atoms with Crippen LogP contribution in [0, 0.1) is 0 Å². The number of nitrogens with one attached hydrogen (secondary N) is 2. The number of fused-ring (bicyclic) bond motifs is 1. The van der Waals surface area contributed by atoms with Crippen LogP contribution >= 0.6 is 0 Å². The second-order valence-corrected chi connectivity index (χ2v) is 6.01. The highest BCUT2D eigenvalue weighted by atomic mass is 16.4. The van der Waals surface area contributed by atoms with Crippen molar-refractivity contribution >= 4 is 22.8 Å². The lowest BCUT2D eigenvalue weighted by Gasteiger charge is -2.22. The van der Waals surface area contributed by atoms with Gasteiger partial charge in [0.1, 0.15) is 0 Å². The average molecular weight is 332 g/mol. The zero-order chi connectivity index (χ0) is 17.4. The van der Waals surface area contributed by atoms with Crippen molar-refractivity contribution in [3.05, 3.63) is 36.0 Å². The van der Waals surface area contributed by atoms with Crippen molar-refractivity contribution in [2.24, 2.45) is 0 Å². The number of aromatic nitrogens is 1. The minimum absolute atomic E-state index is 0.768. The van der Waals surface area contributed by atoms with E-state index in [9.17, 15) is 0 Å². The van der Waals surface area contributed by atoms with Gasteiger partial charge in [-0.15, -0.1) is 0 Å². The van der Waals surface area contributed by atoms with E-state index in [1.807, 2.05) is 0 Å². The first-order valence-electron chi connectivity index (χ1n) is 8.32. The van der Waals surface area contributed by atoms with Crippen LogP contribution in [0.2, 0.25) is 0 Å². The first-order valence-corrected chi connectivity index (χ1v) is 8.32. The summed E-state index contributed by atoms with van der Waals surface area (Å²) in [6, 6.07) is 9.33. The zero-order valence-electron chi connectivity index (χ0n) is 13.6. The number of para-hydroxylation sites is 1. The van der Waals surface area contributed by atoms with Crippen molar-refractivity contribution in [1.29, 1.82) is 0 Å². The van der Waals surface area contributed by atoms with Crippen LogP contribution in [0.1, 0.15) is 37.7 Å². The van der Waals surface area contributed by atoms with Crippen LogP contribution in [0.3, 0.4) is 0 Å². The van der Waals surface area contributed by atoms with Gasteiger partial charge in [0.15, 0.2) is 0 Å². The Morgan fingerprint density at radius 3 is 2.42 bits per heavy atom. The quantitative estimate of drug-likeness (QED) is 0.645. The Morgan fingerprint density at radius 1 is 1.08 bits per heavy atom. The maximum Gasteiger partial charge on any atom is 0.414 e. The molecule has 2 aromatic rings. The molecular weight excluding hydrogens is 308 g/mol. The van der Waals surface area contributed by atoms with E-state index in [2.05, 4.69) is 40.8 Å². The molecule has 0 amide bonds. The van der Waals surface area contributed by atoms with Crippen molar-refractivity contribution in [2.75, 3.05) is 6.54 Å². The number of H-pyrrole nitrogens is 1. The van der Waals surface area contributed by atoms with Gasteiger partial charge in [-0.2, -0.15) is 0 Å². The largest absolute Gasteiger partial charge is 0.473 e. The standard InChI is InChI=1S/C16H22N2.C2H2O4/c1-2-6-14(7-3-1)17-11-10-13-12-18-16-9-5-4-8-15(13)16;3-1(4)2(5)6/h4-5,8-9,12,14,17-18H,1-3,6-7,10-11H2;(H,3,4)(H,5,6). The van der Waals surface area contributed by atoms with Gasteiger partial charge in [0.25, 0.3) is 0 Å². The van der Waals surface area contributed by atoms with Gasteiger partial charge in [-0.25, -0.2) is 9.59 Å². The summed E-state index contributed by atoms with van der Waals surface area (Å²) < 4.78 is 0. The lowest BCUT2D eigenvalue weighted by Crippen LogP contribution is -2.32. The van der Waals surface area contributed by atoms with Gasteiger partial charge in [0, 0.05) is 23.1 Å². The molecule has 1 saturated carbocycles. The first-order chi connectivity index (χ1) is 11.6. The molecule has 0 unspecified atom stereocenters. The molecule has 1 aromatic heterocycles. The summed E-state index contributed by atoms with van der Waals surface area (Å²) in [6.07, 6.45) is 10.3. The van der Waals surface area contributed by atoms with E-state index in [-0.39, 0.29) is 0 Å². The van der Waals surface area contributed by atoms with Crippen LogP contribution < -0.4 is 5.32 Å². The Labute approximate surface area is 140 Å². The summed E-state index contributed by atoms with van der Waals surface area (Å²) >= 11 is 0. The molecule has 4 N–H and O–H groups in total. The fourth-order valence-corrected chi connectivity index (χ4v) is 3.06. The summed E-state index contributed by atoms with van der Waals surface area (Å²) in [4.78, 5) is 21.5. The molecule has 6 heteroatoms. The monoisotopic (exact) mass is 332 g/mol. The summed E-state index contributed by atoms with van der Waals surface area (Å²) in [7, 11) is 0. The smallest absolute Gasteiger partial charge is 0.414 e. The van der Waals surface area contributed by atoms with Crippen molar-refractivity contribution in [3.8, 4) is 0 Å². The maximum atomic E-state index is 9.10. The number of benzene rings is 1. The molecule has 1 aliphatic rings. The molecule has 0 atom stereocenters. The van der Waals surface area contributed by atoms with Gasteiger partial charge in [0.2, 0.25) is 0 Å². The Bertz CT molecular complexity index is 662. The molecule has 0 aliphatic heterocycles.